The van der Waals surface area contributed by atoms with Crippen molar-refractivity contribution in [2.24, 2.45) is 0 Å². The second kappa shape index (κ2) is 4.32. The molecule has 0 amide bonds. The Labute approximate surface area is 102 Å². The number of aromatic hydroxyl groups is 1. The maximum absolute atomic E-state index is 12.7. The van der Waals surface area contributed by atoms with Crippen molar-refractivity contribution >= 4 is 15.7 Å². The summed E-state index contributed by atoms with van der Waals surface area (Å²) in [6, 6.07) is 1.32. The normalized spacial score (nSPS) is 13.0. The Morgan fingerprint density at radius 3 is 2.17 bits per heavy atom. The Hall–Kier alpha value is -1.48. The van der Waals surface area contributed by atoms with Crippen LogP contribution in [-0.4, -0.2) is 31.9 Å². The Bertz CT molecular complexity index is 567. The van der Waals surface area contributed by atoms with Crippen LogP contribution in [0.15, 0.2) is 17.0 Å². The number of halogens is 3. The van der Waals surface area contributed by atoms with E-state index in [2.05, 4.69) is 0 Å². The van der Waals surface area contributed by atoms with Crippen LogP contribution in [0.4, 0.5) is 18.9 Å². The number of nitrogens with two attached hydrogens (primary N) is 1. The molecule has 0 aliphatic rings. The molecule has 1 rings (SSSR count). The van der Waals surface area contributed by atoms with E-state index in [1.54, 1.807) is 0 Å². The molecule has 0 saturated heterocycles. The Balaban J connectivity index is 3.76. The van der Waals surface area contributed by atoms with Crippen molar-refractivity contribution in [1.29, 1.82) is 0 Å². The van der Waals surface area contributed by atoms with E-state index < -0.39 is 38.1 Å². The summed E-state index contributed by atoms with van der Waals surface area (Å²) in [5, 5.41) is 9.50. The van der Waals surface area contributed by atoms with E-state index in [0.29, 0.717) is 10.4 Å². The molecule has 18 heavy (non-hydrogen) atoms. The van der Waals surface area contributed by atoms with Gasteiger partial charge >= 0.3 is 6.18 Å². The summed E-state index contributed by atoms with van der Waals surface area (Å²) in [5.41, 5.74) is 3.33. The molecule has 0 bridgehead atoms. The number of phenolic OH excluding ortho intramolecular Hbond substituents is 1. The topological polar surface area (TPSA) is 83.6 Å². The maximum atomic E-state index is 12.7. The zero-order chi connectivity index (χ0) is 14.3. The molecule has 0 aromatic heterocycles. The summed E-state index contributed by atoms with van der Waals surface area (Å²) >= 11 is 0. The number of hydrogen-bond donors (Lipinski definition) is 2. The fraction of sp³-hybridized carbons (Fsp3) is 0.333. The zero-order valence-electron chi connectivity index (χ0n) is 9.49. The van der Waals surface area contributed by atoms with Gasteiger partial charge in [0.05, 0.1) is 11.3 Å². The summed E-state index contributed by atoms with van der Waals surface area (Å²) in [6.07, 6.45) is -4.91. The lowest BCUT2D eigenvalue weighted by Gasteiger charge is -2.18. The molecule has 0 unspecified atom stereocenters. The van der Waals surface area contributed by atoms with Gasteiger partial charge in [0, 0.05) is 14.1 Å². The molecule has 0 spiro atoms. The second-order valence-electron chi connectivity index (χ2n) is 3.67. The first kappa shape index (κ1) is 14.6. The highest BCUT2D eigenvalue weighted by Gasteiger charge is 2.40. The summed E-state index contributed by atoms with van der Waals surface area (Å²) in [6.45, 7) is 0. The molecule has 3 N–H and O–H groups in total. The van der Waals surface area contributed by atoms with Crippen LogP contribution in [0.1, 0.15) is 5.56 Å². The molecule has 0 aliphatic heterocycles. The lowest BCUT2D eigenvalue weighted by atomic mass is 10.2. The first-order valence-electron chi connectivity index (χ1n) is 4.60. The number of hydrogen-bond acceptors (Lipinski definition) is 4. The molecule has 1 aromatic rings. The highest BCUT2D eigenvalue weighted by molar-refractivity contribution is 7.89. The number of benzene rings is 1. The number of phenols is 1. The van der Waals surface area contributed by atoms with Gasteiger partial charge in [-0.05, 0) is 12.1 Å². The molecule has 1 aromatic carbocycles. The largest absolute Gasteiger partial charge is 0.504 e. The van der Waals surface area contributed by atoms with Crippen LogP contribution in [-0.2, 0) is 16.2 Å². The van der Waals surface area contributed by atoms with Gasteiger partial charge in [-0.2, -0.15) is 13.2 Å². The Morgan fingerprint density at radius 1 is 1.28 bits per heavy atom. The third kappa shape index (κ3) is 2.36. The lowest BCUT2D eigenvalue weighted by Crippen LogP contribution is -2.25. The lowest BCUT2D eigenvalue weighted by molar-refractivity contribution is -0.140. The van der Waals surface area contributed by atoms with Crippen molar-refractivity contribution in [3.63, 3.8) is 0 Å². The molecule has 0 saturated carbocycles. The van der Waals surface area contributed by atoms with Gasteiger partial charge in [0.15, 0.2) is 5.75 Å². The molecule has 102 valence electrons. The minimum absolute atomic E-state index is 0.441. The summed E-state index contributed by atoms with van der Waals surface area (Å²) in [5.74, 6) is -1.10. The van der Waals surface area contributed by atoms with Gasteiger partial charge in [-0.1, -0.05) is 0 Å². The van der Waals surface area contributed by atoms with E-state index in [9.17, 15) is 26.7 Å². The van der Waals surface area contributed by atoms with Crippen molar-refractivity contribution in [3.8, 4) is 5.75 Å². The predicted octanol–water partition coefficient (Wildman–Crippen LogP) is 1.24. The smallest absolute Gasteiger partial charge is 0.417 e. The minimum Gasteiger partial charge on any atom is -0.504 e. The fourth-order valence-corrected chi connectivity index (χ4v) is 2.44. The molecule has 5 nitrogen and oxygen atoms in total. The van der Waals surface area contributed by atoms with Gasteiger partial charge in [0.1, 0.15) is 4.90 Å². The number of nitrogens with zero attached hydrogens (tertiary/aromatic N) is 1. The van der Waals surface area contributed by atoms with Crippen LogP contribution in [0.25, 0.3) is 0 Å². The van der Waals surface area contributed by atoms with E-state index >= 15 is 0 Å². The molecule has 0 atom stereocenters. The average molecular weight is 284 g/mol. The zero-order valence-corrected chi connectivity index (χ0v) is 10.3. The minimum atomic E-state index is -4.91. The van der Waals surface area contributed by atoms with Crippen molar-refractivity contribution < 1.29 is 26.7 Å². The van der Waals surface area contributed by atoms with Gasteiger partial charge in [0.25, 0.3) is 0 Å². The third-order valence-corrected chi connectivity index (χ3v) is 4.10. The van der Waals surface area contributed by atoms with Crippen LogP contribution in [0, 0.1) is 0 Å². The molecule has 9 heteroatoms. The summed E-state index contributed by atoms with van der Waals surface area (Å²) in [7, 11) is -2.35. The molecule has 0 radical (unpaired) electrons. The van der Waals surface area contributed by atoms with Gasteiger partial charge < -0.3 is 10.8 Å². The van der Waals surface area contributed by atoms with Crippen LogP contribution in [0.2, 0.25) is 0 Å². The van der Waals surface area contributed by atoms with E-state index in [-0.39, 0.29) is 0 Å². The van der Waals surface area contributed by atoms with Crippen LogP contribution < -0.4 is 5.73 Å². The monoisotopic (exact) mass is 284 g/mol. The number of sulfonamides is 1. The van der Waals surface area contributed by atoms with Gasteiger partial charge in [-0.25, -0.2) is 12.7 Å². The van der Waals surface area contributed by atoms with E-state index in [1.807, 2.05) is 0 Å². The second-order valence-corrected chi connectivity index (χ2v) is 5.75. The SMILES string of the molecule is CN(C)S(=O)(=O)c1c(C(F)(F)F)ccc(N)c1O. The van der Waals surface area contributed by atoms with E-state index in [1.165, 1.54) is 0 Å². The number of rotatable bonds is 2. The standard InChI is InChI=1S/C9H11F3N2O3S/c1-14(2)18(16,17)8-5(9(10,11)12)3-4-6(13)7(8)15/h3-4,15H,13H2,1-2H3. The highest BCUT2D eigenvalue weighted by atomic mass is 32.2. The van der Waals surface area contributed by atoms with Crippen LogP contribution >= 0.6 is 0 Å². The van der Waals surface area contributed by atoms with E-state index in [4.69, 9.17) is 5.73 Å². The molecular weight excluding hydrogens is 273 g/mol. The summed E-state index contributed by atoms with van der Waals surface area (Å²) < 4.78 is 62.3. The van der Waals surface area contributed by atoms with Gasteiger partial charge in [-0.15, -0.1) is 0 Å². The predicted molar refractivity (Wildman–Crippen MR) is 58.4 cm³/mol. The third-order valence-electron chi connectivity index (χ3n) is 2.21. The number of alkyl halides is 3. The van der Waals surface area contributed by atoms with Crippen molar-refractivity contribution in [3.05, 3.63) is 17.7 Å². The first-order valence-corrected chi connectivity index (χ1v) is 6.04. The van der Waals surface area contributed by atoms with Crippen molar-refractivity contribution in [2.75, 3.05) is 19.8 Å². The molecule has 0 heterocycles. The summed E-state index contributed by atoms with van der Waals surface area (Å²) in [4.78, 5) is -1.24. The molecular formula is C9H11F3N2O3S. The van der Waals surface area contributed by atoms with Gasteiger partial charge in [-0.3, -0.25) is 0 Å². The Kier molecular flexibility index (Phi) is 3.50. The first-order chi connectivity index (χ1) is 7.99. The van der Waals surface area contributed by atoms with E-state index in [0.717, 1.165) is 20.2 Å². The van der Waals surface area contributed by atoms with Crippen molar-refractivity contribution in [1.82, 2.24) is 4.31 Å². The highest BCUT2D eigenvalue weighted by Crippen LogP contribution is 2.41. The number of nitrogen functional groups attached to an aromatic ring is 1. The van der Waals surface area contributed by atoms with Crippen LogP contribution in [0.3, 0.4) is 0 Å². The molecule has 0 aliphatic carbocycles. The quantitative estimate of drug-likeness (QED) is 0.632. The maximum Gasteiger partial charge on any atom is 0.417 e. The molecule has 0 fully saturated rings. The van der Waals surface area contributed by atoms with Crippen molar-refractivity contribution in [2.45, 2.75) is 11.1 Å². The van der Waals surface area contributed by atoms with Gasteiger partial charge in [0.2, 0.25) is 10.0 Å². The van der Waals surface area contributed by atoms with Crippen LogP contribution in [0.5, 0.6) is 5.75 Å². The average Bonchev–Trinajstić information content (AvgIpc) is 2.19. The number of anilines is 1. The Morgan fingerprint density at radius 2 is 1.78 bits per heavy atom. The fourth-order valence-electron chi connectivity index (χ4n) is 1.25.